The molecule has 0 aliphatic carbocycles. The molecule has 0 saturated carbocycles. The highest BCUT2D eigenvalue weighted by atomic mass is 16.5. The topological polar surface area (TPSA) is 53.1 Å². The van der Waals surface area contributed by atoms with E-state index in [1.807, 2.05) is 25.7 Å². The molecule has 6 nitrogen and oxygen atoms in total. The molecular formula is C13H23N3O3. The van der Waals surface area contributed by atoms with Gasteiger partial charge >= 0.3 is 6.03 Å². The molecule has 6 heteroatoms. The number of nitrogens with zero attached hydrogens (tertiary/aromatic N) is 3. The second-order valence-corrected chi connectivity index (χ2v) is 6.02. The number of carbonyl (C=O) groups excluding carboxylic acids is 2. The van der Waals surface area contributed by atoms with Gasteiger partial charge in [0.05, 0.1) is 13.2 Å². The van der Waals surface area contributed by atoms with Crippen LogP contribution in [0.15, 0.2) is 0 Å². The van der Waals surface area contributed by atoms with Crippen molar-refractivity contribution in [2.75, 3.05) is 45.9 Å². The van der Waals surface area contributed by atoms with Crippen molar-refractivity contribution in [3.8, 4) is 0 Å². The van der Waals surface area contributed by atoms with Gasteiger partial charge in [0.1, 0.15) is 6.54 Å². The first-order valence-electron chi connectivity index (χ1n) is 6.81. The Morgan fingerprint density at radius 2 is 1.68 bits per heavy atom. The number of urea groups is 1. The Bertz CT molecular complexity index is 359. The minimum Gasteiger partial charge on any atom is -0.378 e. The van der Waals surface area contributed by atoms with Gasteiger partial charge in [-0.15, -0.1) is 0 Å². The summed E-state index contributed by atoms with van der Waals surface area (Å²) in [5.74, 6) is 0.0281. The van der Waals surface area contributed by atoms with Crippen molar-refractivity contribution in [3.63, 3.8) is 0 Å². The van der Waals surface area contributed by atoms with Gasteiger partial charge in [-0.25, -0.2) is 4.79 Å². The molecule has 0 atom stereocenters. The zero-order valence-electron chi connectivity index (χ0n) is 12.0. The highest BCUT2D eigenvalue weighted by molar-refractivity contribution is 5.85. The number of piperazine rings is 1. The largest absolute Gasteiger partial charge is 0.378 e. The molecule has 2 rings (SSSR count). The lowest BCUT2D eigenvalue weighted by Crippen LogP contribution is -2.60. The van der Waals surface area contributed by atoms with E-state index < -0.39 is 0 Å². The second-order valence-electron chi connectivity index (χ2n) is 6.02. The van der Waals surface area contributed by atoms with E-state index in [1.165, 1.54) is 0 Å². The van der Waals surface area contributed by atoms with Crippen LogP contribution in [0.1, 0.15) is 20.8 Å². The third kappa shape index (κ3) is 3.18. The molecule has 0 aromatic heterocycles. The maximum absolute atomic E-state index is 12.3. The molecule has 108 valence electrons. The fourth-order valence-corrected chi connectivity index (χ4v) is 2.50. The third-order valence-electron chi connectivity index (χ3n) is 3.58. The number of morpholine rings is 1. The molecule has 2 saturated heterocycles. The van der Waals surface area contributed by atoms with E-state index in [-0.39, 0.29) is 24.0 Å². The van der Waals surface area contributed by atoms with E-state index >= 15 is 0 Å². The summed E-state index contributed by atoms with van der Waals surface area (Å²) in [6.07, 6.45) is 0. The Morgan fingerprint density at radius 1 is 1.05 bits per heavy atom. The average Bonchev–Trinajstić information content (AvgIpc) is 2.37. The Kier molecular flexibility index (Phi) is 3.99. The van der Waals surface area contributed by atoms with Gasteiger partial charge in [-0.05, 0) is 20.8 Å². The second kappa shape index (κ2) is 5.36. The average molecular weight is 269 g/mol. The summed E-state index contributed by atoms with van der Waals surface area (Å²) < 4.78 is 5.23. The first-order chi connectivity index (χ1) is 8.89. The third-order valence-corrected chi connectivity index (χ3v) is 3.58. The molecule has 0 N–H and O–H groups in total. The monoisotopic (exact) mass is 269 g/mol. The van der Waals surface area contributed by atoms with E-state index in [1.54, 1.807) is 9.80 Å². The normalized spacial score (nSPS) is 21.8. The lowest BCUT2D eigenvalue weighted by molar-refractivity contribution is -0.140. The lowest BCUT2D eigenvalue weighted by atomic mass is 10.0. The summed E-state index contributed by atoms with van der Waals surface area (Å²) in [5, 5.41) is 0. The van der Waals surface area contributed by atoms with Crippen molar-refractivity contribution in [1.29, 1.82) is 0 Å². The van der Waals surface area contributed by atoms with Gasteiger partial charge in [-0.2, -0.15) is 0 Å². The Hall–Kier alpha value is -1.30. The number of carbonyl (C=O) groups is 2. The van der Waals surface area contributed by atoms with Gasteiger partial charge in [0.2, 0.25) is 5.91 Å². The number of ether oxygens (including phenoxy) is 1. The van der Waals surface area contributed by atoms with Gasteiger partial charge in [0, 0.05) is 31.7 Å². The zero-order valence-corrected chi connectivity index (χ0v) is 12.0. The summed E-state index contributed by atoms with van der Waals surface area (Å²) in [7, 11) is 0. The van der Waals surface area contributed by atoms with Crippen molar-refractivity contribution >= 4 is 11.9 Å². The van der Waals surface area contributed by atoms with Gasteiger partial charge in [0.25, 0.3) is 0 Å². The number of hydrogen-bond acceptors (Lipinski definition) is 3. The highest BCUT2D eigenvalue weighted by Gasteiger charge is 2.34. The predicted molar refractivity (Wildman–Crippen MR) is 70.8 cm³/mol. The number of amides is 3. The summed E-state index contributed by atoms with van der Waals surface area (Å²) in [6, 6.07) is -0.0368. The minimum atomic E-state index is -0.175. The highest BCUT2D eigenvalue weighted by Crippen LogP contribution is 2.17. The summed E-state index contributed by atoms with van der Waals surface area (Å²) in [5.41, 5.74) is -0.175. The molecule has 0 radical (unpaired) electrons. The fraction of sp³-hybridized carbons (Fsp3) is 0.846. The van der Waals surface area contributed by atoms with Crippen LogP contribution in [0, 0.1) is 0 Å². The van der Waals surface area contributed by atoms with Crippen LogP contribution < -0.4 is 0 Å². The Balaban J connectivity index is 1.94. The standard InChI is InChI=1S/C13H23N3O3/c1-13(2,3)16-5-4-15(10-11(16)17)12(18)14-6-8-19-9-7-14/h4-10H2,1-3H3. The molecule has 0 bridgehead atoms. The predicted octanol–water partition coefficient (Wildman–Crippen LogP) is 0.381. The van der Waals surface area contributed by atoms with Gasteiger partial charge in [0.15, 0.2) is 0 Å². The van der Waals surface area contributed by atoms with E-state index in [0.717, 1.165) is 0 Å². The molecule has 0 aromatic rings. The summed E-state index contributed by atoms with van der Waals surface area (Å²) in [4.78, 5) is 29.7. The maximum Gasteiger partial charge on any atom is 0.320 e. The van der Waals surface area contributed by atoms with Crippen molar-refractivity contribution in [2.45, 2.75) is 26.3 Å². The number of rotatable bonds is 0. The molecule has 2 fully saturated rings. The van der Waals surface area contributed by atoms with Crippen LogP contribution in [-0.4, -0.2) is 78.1 Å². The molecule has 0 unspecified atom stereocenters. The SMILES string of the molecule is CC(C)(C)N1CCN(C(=O)N2CCOCC2)CC1=O. The molecule has 0 aromatic carbocycles. The van der Waals surface area contributed by atoms with Crippen LogP contribution >= 0.6 is 0 Å². The first kappa shape index (κ1) is 14.1. The van der Waals surface area contributed by atoms with Gasteiger partial charge in [-0.1, -0.05) is 0 Å². The Labute approximate surface area is 114 Å². The van der Waals surface area contributed by atoms with E-state index in [2.05, 4.69) is 0 Å². The van der Waals surface area contributed by atoms with Gasteiger partial charge in [-0.3, -0.25) is 4.79 Å². The fourth-order valence-electron chi connectivity index (χ4n) is 2.50. The molecule has 2 aliphatic heterocycles. The van der Waals surface area contributed by atoms with E-state index in [9.17, 15) is 9.59 Å². The van der Waals surface area contributed by atoms with E-state index in [0.29, 0.717) is 39.4 Å². The minimum absolute atomic E-state index is 0.0281. The van der Waals surface area contributed by atoms with Crippen molar-refractivity contribution in [2.24, 2.45) is 0 Å². The van der Waals surface area contributed by atoms with Crippen LogP contribution in [0.4, 0.5) is 4.79 Å². The van der Waals surface area contributed by atoms with Gasteiger partial charge < -0.3 is 19.4 Å². The zero-order chi connectivity index (χ0) is 14.0. The smallest absolute Gasteiger partial charge is 0.320 e. The summed E-state index contributed by atoms with van der Waals surface area (Å²) in [6.45, 7) is 9.87. The molecule has 19 heavy (non-hydrogen) atoms. The molecule has 2 aliphatic rings. The number of hydrogen-bond donors (Lipinski definition) is 0. The van der Waals surface area contributed by atoms with Crippen LogP contribution in [0.3, 0.4) is 0 Å². The van der Waals surface area contributed by atoms with Crippen LogP contribution in [0.2, 0.25) is 0 Å². The quantitative estimate of drug-likeness (QED) is 0.639. The van der Waals surface area contributed by atoms with Crippen molar-refractivity contribution in [1.82, 2.24) is 14.7 Å². The lowest BCUT2D eigenvalue weighted by Gasteiger charge is -2.43. The first-order valence-corrected chi connectivity index (χ1v) is 6.81. The van der Waals surface area contributed by atoms with Crippen molar-refractivity contribution < 1.29 is 14.3 Å². The van der Waals surface area contributed by atoms with E-state index in [4.69, 9.17) is 4.74 Å². The molecule has 3 amide bonds. The summed E-state index contributed by atoms with van der Waals surface area (Å²) >= 11 is 0. The Morgan fingerprint density at radius 3 is 2.21 bits per heavy atom. The molecule has 0 spiro atoms. The van der Waals surface area contributed by atoms with Crippen molar-refractivity contribution in [3.05, 3.63) is 0 Å². The van der Waals surface area contributed by atoms with Crippen LogP contribution in [0.25, 0.3) is 0 Å². The van der Waals surface area contributed by atoms with Crippen LogP contribution in [0.5, 0.6) is 0 Å². The maximum atomic E-state index is 12.3. The molecular weight excluding hydrogens is 246 g/mol. The molecule has 2 heterocycles. The van der Waals surface area contributed by atoms with Crippen LogP contribution in [-0.2, 0) is 9.53 Å².